The van der Waals surface area contributed by atoms with Gasteiger partial charge in [-0.3, -0.25) is 0 Å². The van der Waals surface area contributed by atoms with Gasteiger partial charge in [0, 0.05) is 6.07 Å². The molecule has 0 saturated heterocycles. The highest BCUT2D eigenvalue weighted by Gasteiger charge is 1.95. The fraction of sp³-hybridized carbons (Fsp3) is 0.222. The Morgan fingerprint density at radius 2 is 2.42 bits per heavy atom. The second-order valence-electron chi connectivity index (χ2n) is 2.22. The van der Waals surface area contributed by atoms with Crippen LogP contribution in [0, 0.1) is 0 Å². The first-order valence-corrected chi connectivity index (χ1v) is 3.67. The second kappa shape index (κ2) is 4.51. The number of hydrogen-bond donors (Lipinski definition) is 1. The number of aliphatic hydroxyl groups is 1. The minimum Gasteiger partial charge on any atom is -0.473 e. The molecule has 1 aromatic heterocycles. The van der Waals surface area contributed by atoms with E-state index in [9.17, 15) is 0 Å². The summed E-state index contributed by atoms with van der Waals surface area (Å²) in [5, 5.41) is 8.75. The molecule has 0 radical (unpaired) electrons. The molecule has 0 aliphatic carbocycles. The maximum absolute atomic E-state index is 8.75. The maximum Gasteiger partial charge on any atom is 0.213 e. The molecule has 0 spiro atoms. The molecule has 64 valence electrons. The van der Waals surface area contributed by atoms with E-state index in [1.54, 1.807) is 24.3 Å². The molecule has 1 aromatic rings. The van der Waals surface area contributed by atoms with Crippen LogP contribution in [0.5, 0.6) is 5.88 Å². The molecule has 12 heavy (non-hydrogen) atoms. The highest BCUT2D eigenvalue weighted by atomic mass is 16.5. The summed E-state index contributed by atoms with van der Waals surface area (Å²) in [7, 11) is 0. The highest BCUT2D eigenvalue weighted by molar-refractivity contribution is 5.15. The van der Waals surface area contributed by atoms with Gasteiger partial charge in [-0.1, -0.05) is 18.7 Å². The van der Waals surface area contributed by atoms with Crippen molar-refractivity contribution in [1.29, 1.82) is 0 Å². The average Bonchev–Trinajstić information content (AvgIpc) is 2.15. The first-order valence-electron chi connectivity index (χ1n) is 3.67. The molecular formula is C9H11NO2. The van der Waals surface area contributed by atoms with Gasteiger partial charge in [0.05, 0.1) is 12.3 Å². The van der Waals surface area contributed by atoms with Gasteiger partial charge in [-0.2, -0.15) is 0 Å². The van der Waals surface area contributed by atoms with Crippen LogP contribution in [0.15, 0.2) is 30.9 Å². The summed E-state index contributed by atoms with van der Waals surface area (Å²) in [6, 6.07) is 5.26. The lowest BCUT2D eigenvalue weighted by Gasteiger charge is -2.02. The van der Waals surface area contributed by atoms with Gasteiger partial charge in [0.15, 0.2) is 0 Å². The Kier molecular flexibility index (Phi) is 3.29. The molecule has 0 bridgehead atoms. The Morgan fingerprint density at radius 1 is 1.58 bits per heavy atom. The van der Waals surface area contributed by atoms with Crippen molar-refractivity contribution < 1.29 is 9.84 Å². The number of pyridine rings is 1. The summed E-state index contributed by atoms with van der Waals surface area (Å²) in [6.07, 6.45) is 1.65. The van der Waals surface area contributed by atoms with Gasteiger partial charge >= 0.3 is 0 Å². The molecule has 0 fully saturated rings. The Labute approximate surface area is 71.3 Å². The van der Waals surface area contributed by atoms with E-state index >= 15 is 0 Å². The van der Waals surface area contributed by atoms with Crippen LogP contribution < -0.4 is 4.74 Å². The molecule has 0 amide bonds. The van der Waals surface area contributed by atoms with Crippen LogP contribution in [0.4, 0.5) is 0 Å². The van der Waals surface area contributed by atoms with Crippen molar-refractivity contribution in [2.24, 2.45) is 0 Å². The van der Waals surface area contributed by atoms with Crippen LogP contribution in [-0.2, 0) is 6.61 Å². The van der Waals surface area contributed by atoms with Crippen LogP contribution in [0.25, 0.3) is 0 Å². The Morgan fingerprint density at radius 3 is 3.08 bits per heavy atom. The summed E-state index contributed by atoms with van der Waals surface area (Å²) in [5.74, 6) is 0.515. The van der Waals surface area contributed by atoms with Crippen molar-refractivity contribution in [2.75, 3.05) is 6.61 Å². The van der Waals surface area contributed by atoms with Crippen molar-refractivity contribution in [3.05, 3.63) is 36.5 Å². The van der Waals surface area contributed by atoms with Crippen LogP contribution in [0.3, 0.4) is 0 Å². The number of aromatic nitrogens is 1. The third-order valence-electron chi connectivity index (χ3n) is 1.29. The number of rotatable bonds is 4. The van der Waals surface area contributed by atoms with E-state index in [0.29, 0.717) is 18.2 Å². The predicted molar refractivity (Wildman–Crippen MR) is 45.9 cm³/mol. The summed E-state index contributed by atoms with van der Waals surface area (Å²) in [6.45, 7) is 3.88. The van der Waals surface area contributed by atoms with E-state index in [1.165, 1.54) is 0 Å². The molecule has 1 rings (SSSR count). The van der Waals surface area contributed by atoms with Crippen LogP contribution >= 0.6 is 0 Å². The van der Waals surface area contributed by atoms with Gasteiger partial charge in [-0.15, -0.1) is 0 Å². The average molecular weight is 165 g/mol. The van der Waals surface area contributed by atoms with Gasteiger partial charge in [-0.25, -0.2) is 4.98 Å². The lowest BCUT2D eigenvalue weighted by molar-refractivity contribution is 0.272. The maximum atomic E-state index is 8.75. The van der Waals surface area contributed by atoms with E-state index in [1.807, 2.05) is 0 Å². The van der Waals surface area contributed by atoms with Gasteiger partial charge in [0.25, 0.3) is 0 Å². The van der Waals surface area contributed by atoms with E-state index in [2.05, 4.69) is 11.6 Å². The van der Waals surface area contributed by atoms with Crippen molar-refractivity contribution in [3.8, 4) is 5.88 Å². The minimum atomic E-state index is -0.0642. The standard InChI is InChI=1S/C9H11NO2/c1-2-6-12-9-5-3-4-8(7-11)10-9/h2-5,11H,1,6-7H2. The van der Waals surface area contributed by atoms with Crippen LogP contribution in [0.1, 0.15) is 5.69 Å². The van der Waals surface area contributed by atoms with E-state index in [-0.39, 0.29) is 6.61 Å². The van der Waals surface area contributed by atoms with Crippen molar-refractivity contribution in [1.82, 2.24) is 4.98 Å². The molecule has 0 aliphatic heterocycles. The normalized spacial score (nSPS) is 9.42. The van der Waals surface area contributed by atoms with Gasteiger partial charge in [0.2, 0.25) is 5.88 Å². The fourth-order valence-corrected chi connectivity index (χ4v) is 0.770. The third kappa shape index (κ3) is 2.36. The zero-order valence-electron chi connectivity index (χ0n) is 6.73. The molecule has 0 unspecified atom stereocenters. The monoisotopic (exact) mass is 165 g/mol. The molecular weight excluding hydrogens is 154 g/mol. The molecule has 3 heteroatoms. The number of ether oxygens (including phenoxy) is 1. The van der Waals surface area contributed by atoms with Crippen LogP contribution in [0.2, 0.25) is 0 Å². The van der Waals surface area contributed by atoms with Crippen molar-refractivity contribution in [2.45, 2.75) is 6.61 Å². The topological polar surface area (TPSA) is 42.4 Å². The first-order chi connectivity index (χ1) is 5.86. The molecule has 1 heterocycles. The fourth-order valence-electron chi connectivity index (χ4n) is 0.770. The third-order valence-corrected chi connectivity index (χ3v) is 1.29. The molecule has 0 atom stereocenters. The SMILES string of the molecule is C=CCOc1cccc(CO)n1. The first kappa shape index (κ1) is 8.74. The molecule has 3 nitrogen and oxygen atoms in total. The zero-order chi connectivity index (χ0) is 8.81. The number of aliphatic hydroxyl groups excluding tert-OH is 1. The van der Waals surface area contributed by atoms with Crippen molar-refractivity contribution in [3.63, 3.8) is 0 Å². The molecule has 1 N–H and O–H groups in total. The largest absolute Gasteiger partial charge is 0.473 e. The summed E-state index contributed by atoms with van der Waals surface area (Å²) in [4.78, 5) is 4.01. The smallest absolute Gasteiger partial charge is 0.213 e. The molecule has 0 aliphatic rings. The van der Waals surface area contributed by atoms with Crippen molar-refractivity contribution >= 4 is 0 Å². The Hall–Kier alpha value is -1.35. The second-order valence-corrected chi connectivity index (χ2v) is 2.22. The quantitative estimate of drug-likeness (QED) is 0.680. The highest BCUT2D eigenvalue weighted by Crippen LogP contribution is 2.06. The lowest BCUT2D eigenvalue weighted by Crippen LogP contribution is -1.97. The summed E-state index contributed by atoms with van der Waals surface area (Å²) >= 11 is 0. The summed E-state index contributed by atoms with van der Waals surface area (Å²) in [5.41, 5.74) is 0.608. The predicted octanol–water partition coefficient (Wildman–Crippen LogP) is 1.14. The molecule has 0 saturated carbocycles. The zero-order valence-corrected chi connectivity index (χ0v) is 6.73. The Bertz CT molecular complexity index is 260. The summed E-state index contributed by atoms with van der Waals surface area (Å²) < 4.78 is 5.16. The van der Waals surface area contributed by atoms with Gasteiger partial charge in [0.1, 0.15) is 6.61 Å². The van der Waals surface area contributed by atoms with Gasteiger partial charge < -0.3 is 9.84 Å². The number of nitrogens with zero attached hydrogens (tertiary/aromatic N) is 1. The van der Waals surface area contributed by atoms with E-state index in [4.69, 9.17) is 9.84 Å². The van der Waals surface area contributed by atoms with E-state index in [0.717, 1.165) is 0 Å². The lowest BCUT2D eigenvalue weighted by atomic mass is 10.4. The van der Waals surface area contributed by atoms with E-state index < -0.39 is 0 Å². The van der Waals surface area contributed by atoms with Gasteiger partial charge in [-0.05, 0) is 6.07 Å². The van der Waals surface area contributed by atoms with Crippen LogP contribution in [-0.4, -0.2) is 16.7 Å². The minimum absolute atomic E-state index is 0.0642. The Balaban J connectivity index is 2.65. The number of hydrogen-bond acceptors (Lipinski definition) is 3. The molecule has 0 aromatic carbocycles.